The predicted octanol–water partition coefficient (Wildman–Crippen LogP) is 7.58. The van der Waals surface area contributed by atoms with E-state index in [4.69, 9.17) is 4.74 Å². The van der Waals surface area contributed by atoms with Crippen LogP contribution < -0.4 is 0 Å². The highest BCUT2D eigenvalue weighted by molar-refractivity contribution is 9.09. The average molecular weight is 429 g/mol. The summed E-state index contributed by atoms with van der Waals surface area (Å²) in [5, 5.41) is 1.15. The molecule has 0 amide bonds. The number of halogens is 1. The summed E-state index contributed by atoms with van der Waals surface area (Å²) in [6.07, 6.45) is 19.9. The molecule has 0 heterocycles. The number of unbranched alkanes of at least 4 members (excludes halogenated alkanes) is 13. The van der Waals surface area contributed by atoms with Crippen LogP contribution in [0.25, 0.3) is 0 Å². The summed E-state index contributed by atoms with van der Waals surface area (Å²) in [5.74, 6) is 6.27. The normalized spacial score (nSPS) is 10.4. The fraction of sp³-hybridized carbons (Fsp3) is 0.870. The van der Waals surface area contributed by atoms with Gasteiger partial charge in [0.1, 0.15) is 0 Å². The van der Waals surface area contributed by atoms with Crippen LogP contribution in [0.15, 0.2) is 0 Å². The van der Waals surface area contributed by atoms with Crippen molar-refractivity contribution in [2.45, 2.75) is 116 Å². The van der Waals surface area contributed by atoms with Crippen molar-refractivity contribution in [2.24, 2.45) is 0 Å². The topological polar surface area (TPSA) is 26.3 Å². The molecule has 0 spiro atoms. The van der Waals surface area contributed by atoms with E-state index in [2.05, 4.69) is 34.7 Å². The Morgan fingerprint density at radius 1 is 0.731 bits per heavy atom. The molecule has 0 N–H and O–H groups in total. The van der Waals surface area contributed by atoms with Crippen LogP contribution >= 0.6 is 15.9 Å². The summed E-state index contributed by atoms with van der Waals surface area (Å²) in [4.78, 5) is 11.6. The van der Waals surface area contributed by atoms with Crippen LogP contribution in [0.5, 0.6) is 0 Å². The van der Waals surface area contributed by atoms with Gasteiger partial charge >= 0.3 is 5.97 Å². The number of ether oxygens (including phenoxy) is 1. The van der Waals surface area contributed by atoms with Crippen LogP contribution in [0, 0.1) is 11.8 Å². The largest absolute Gasteiger partial charge is 0.466 e. The Hall–Kier alpha value is -0.490. The molecule has 0 aromatic heterocycles. The molecular weight excluding hydrogens is 388 g/mol. The molecule has 3 heteroatoms. The maximum Gasteiger partial charge on any atom is 0.305 e. The third-order valence-corrected chi connectivity index (χ3v) is 5.06. The molecule has 0 aliphatic heterocycles. The molecule has 0 unspecified atom stereocenters. The fourth-order valence-corrected chi connectivity index (χ4v) is 3.21. The zero-order chi connectivity index (χ0) is 19.1. The van der Waals surface area contributed by atoms with Crippen LogP contribution in [-0.4, -0.2) is 17.9 Å². The summed E-state index contributed by atoms with van der Waals surface area (Å²) < 4.78 is 5.26. The lowest BCUT2D eigenvalue weighted by molar-refractivity contribution is -0.143. The van der Waals surface area contributed by atoms with Gasteiger partial charge in [-0.25, -0.2) is 0 Å². The van der Waals surface area contributed by atoms with Crippen molar-refractivity contribution in [3.8, 4) is 11.8 Å². The summed E-state index contributed by atoms with van der Waals surface area (Å²) in [7, 11) is 0. The summed E-state index contributed by atoms with van der Waals surface area (Å²) in [6.45, 7) is 2.70. The number of rotatable bonds is 18. The van der Waals surface area contributed by atoms with Gasteiger partial charge in [0.05, 0.1) is 6.61 Å². The summed E-state index contributed by atoms with van der Waals surface area (Å²) in [5.41, 5.74) is 0. The smallest absolute Gasteiger partial charge is 0.305 e. The Morgan fingerprint density at radius 3 is 1.77 bits per heavy atom. The minimum Gasteiger partial charge on any atom is -0.466 e. The van der Waals surface area contributed by atoms with Crippen LogP contribution in [0.3, 0.4) is 0 Å². The van der Waals surface area contributed by atoms with Gasteiger partial charge in [0.15, 0.2) is 0 Å². The highest BCUT2D eigenvalue weighted by Crippen LogP contribution is 2.12. The van der Waals surface area contributed by atoms with Gasteiger partial charge < -0.3 is 4.74 Å². The number of carbonyl (C=O) groups excluding carboxylic acids is 1. The number of alkyl halides is 1. The van der Waals surface area contributed by atoms with Crippen LogP contribution in [0.2, 0.25) is 0 Å². The molecule has 0 aromatic rings. The van der Waals surface area contributed by atoms with Crippen LogP contribution in [0.1, 0.15) is 116 Å². The fourth-order valence-electron chi connectivity index (χ4n) is 2.82. The Labute approximate surface area is 171 Å². The van der Waals surface area contributed by atoms with Gasteiger partial charge in [-0.1, -0.05) is 87.1 Å². The van der Waals surface area contributed by atoms with Crippen molar-refractivity contribution < 1.29 is 9.53 Å². The molecule has 0 saturated carbocycles. The van der Waals surface area contributed by atoms with Gasteiger partial charge in [0.25, 0.3) is 0 Å². The van der Waals surface area contributed by atoms with Crippen LogP contribution in [-0.2, 0) is 9.53 Å². The molecule has 0 aliphatic carbocycles. The monoisotopic (exact) mass is 428 g/mol. The van der Waals surface area contributed by atoms with E-state index in [9.17, 15) is 4.79 Å². The standard InChI is InChI=1S/C23H41BrO2/c1-2-3-4-5-13-16-19-22-26-23(25)20-17-14-11-9-7-6-8-10-12-15-18-21-24/h2-4,6-12,14-22H2,1H3. The van der Waals surface area contributed by atoms with Gasteiger partial charge in [-0.2, -0.15) is 0 Å². The lowest BCUT2D eigenvalue weighted by Gasteiger charge is -2.04. The molecule has 0 bridgehead atoms. The van der Waals surface area contributed by atoms with E-state index >= 15 is 0 Å². The molecular formula is C23H41BrO2. The lowest BCUT2D eigenvalue weighted by atomic mass is 10.1. The second-order valence-electron chi connectivity index (χ2n) is 7.11. The molecule has 0 atom stereocenters. The van der Waals surface area contributed by atoms with Gasteiger partial charge in [0.2, 0.25) is 0 Å². The number of carbonyl (C=O) groups is 1. The second kappa shape index (κ2) is 22.6. The van der Waals surface area contributed by atoms with Gasteiger partial charge in [-0.05, 0) is 25.7 Å². The third kappa shape index (κ3) is 21.6. The Morgan fingerprint density at radius 2 is 1.23 bits per heavy atom. The van der Waals surface area contributed by atoms with Gasteiger partial charge in [-0.3, -0.25) is 4.79 Å². The summed E-state index contributed by atoms with van der Waals surface area (Å²) in [6, 6.07) is 0. The van der Waals surface area contributed by atoms with Crippen molar-refractivity contribution >= 4 is 21.9 Å². The zero-order valence-corrected chi connectivity index (χ0v) is 18.7. The van der Waals surface area contributed by atoms with Crippen LogP contribution in [0.4, 0.5) is 0 Å². The Bertz CT molecular complexity index is 357. The summed E-state index contributed by atoms with van der Waals surface area (Å²) >= 11 is 3.48. The van der Waals surface area contributed by atoms with Crippen molar-refractivity contribution in [1.29, 1.82) is 0 Å². The first-order valence-corrected chi connectivity index (χ1v) is 12.1. The SMILES string of the molecule is CCCCC#CCCCOC(=O)CCCCCCCCCCCCCBr. The lowest BCUT2D eigenvalue weighted by Crippen LogP contribution is -2.05. The van der Waals surface area contributed by atoms with E-state index in [-0.39, 0.29) is 5.97 Å². The van der Waals surface area contributed by atoms with E-state index in [0.717, 1.165) is 37.4 Å². The first-order valence-electron chi connectivity index (χ1n) is 11.0. The third-order valence-electron chi connectivity index (χ3n) is 4.50. The molecule has 0 radical (unpaired) electrons. The maximum atomic E-state index is 11.6. The minimum absolute atomic E-state index is 0.0348. The highest BCUT2D eigenvalue weighted by Gasteiger charge is 2.02. The minimum atomic E-state index is -0.0348. The molecule has 2 nitrogen and oxygen atoms in total. The number of hydrogen-bond acceptors (Lipinski definition) is 2. The number of hydrogen-bond donors (Lipinski definition) is 0. The molecule has 26 heavy (non-hydrogen) atoms. The molecule has 0 fully saturated rings. The van der Waals surface area contributed by atoms with Crippen molar-refractivity contribution in [3.63, 3.8) is 0 Å². The van der Waals surface area contributed by atoms with Crippen molar-refractivity contribution in [2.75, 3.05) is 11.9 Å². The van der Waals surface area contributed by atoms with Gasteiger partial charge in [-0.15, -0.1) is 11.8 Å². The molecule has 152 valence electrons. The molecule has 0 aliphatic rings. The number of esters is 1. The first-order chi connectivity index (χ1) is 12.8. The van der Waals surface area contributed by atoms with E-state index in [1.54, 1.807) is 0 Å². The zero-order valence-electron chi connectivity index (χ0n) is 17.1. The molecule has 0 aromatic carbocycles. The Kier molecular flexibility index (Phi) is 22.1. The van der Waals surface area contributed by atoms with Crippen molar-refractivity contribution in [1.82, 2.24) is 0 Å². The Balaban J connectivity index is 3.20. The quantitative estimate of drug-likeness (QED) is 0.0971. The first kappa shape index (κ1) is 25.5. The molecule has 0 saturated heterocycles. The van der Waals surface area contributed by atoms with Crippen molar-refractivity contribution in [3.05, 3.63) is 0 Å². The van der Waals surface area contributed by atoms with E-state index in [1.807, 2.05) is 0 Å². The second-order valence-corrected chi connectivity index (χ2v) is 7.90. The molecule has 0 rings (SSSR count). The predicted molar refractivity (Wildman–Crippen MR) is 117 cm³/mol. The van der Waals surface area contributed by atoms with Gasteiger partial charge in [0, 0.05) is 24.6 Å². The van der Waals surface area contributed by atoms with E-state index in [1.165, 1.54) is 70.6 Å². The maximum absolute atomic E-state index is 11.6. The average Bonchev–Trinajstić information content (AvgIpc) is 2.65. The highest BCUT2D eigenvalue weighted by atomic mass is 79.9. The van der Waals surface area contributed by atoms with E-state index < -0.39 is 0 Å². The van der Waals surface area contributed by atoms with E-state index in [0.29, 0.717) is 13.0 Å².